The summed E-state index contributed by atoms with van der Waals surface area (Å²) in [6.45, 7) is 5.44. The molecule has 7 nitrogen and oxygen atoms in total. The van der Waals surface area contributed by atoms with E-state index in [1.54, 1.807) is 0 Å². The van der Waals surface area contributed by atoms with Crippen molar-refractivity contribution in [2.24, 2.45) is 5.92 Å². The van der Waals surface area contributed by atoms with E-state index in [9.17, 15) is 4.79 Å². The van der Waals surface area contributed by atoms with E-state index in [0.29, 0.717) is 18.4 Å². The van der Waals surface area contributed by atoms with Crippen LogP contribution >= 0.6 is 0 Å². The standard InChI is InChI=1S/C23H30N6O/c1-27-9-11-28(12-10-27)21-14-20(25-23(24)26-21)18-6-5-16-7-8-29(15-19(16)13-18)22(30)17-3-2-4-17/h5-6,13-14,17H,2-4,7-12,15H2,1H3,(H2,24,25,26). The Balaban J connectivity index is 1.39. The van der Waals surface area contributed by atoms with Gasteiger partial charge in [-0.15, -0.1) is 0 Å². The second-order valence-corrected chi connectivity index (χ2v) is 8.88. The van der Waals surface area contributed by atoms with Crippen LogP contribution in [0.3, 0.4) is 0 Å². The summed E-state index contributed by atoms with van der Waals surface area (Å²) in [6, 6.07) is 8.54. The van der Waals surface area contributed by atoms with E-state index in [2.05, 4.69) is 45.0 Å². The molecule has 2 fully saturated rings. The van der Waals surface area contributed by atoms with Gasteiger partial charge in [-0.2, -0.15) is 4.98 Å². The molecule has 1 aliphatic carbocycles. The van der Waals surface area contributed by atoms with Crippen molar-refractivity contribution in [2.75, 3.05) is 50.4 Å². The van der Waals surface area contributed by atoms with Crippen molar-refractivity contribution in [3.8, 4) is 11.3 Å². The molecule has 158 valence electrons. The zero-order valence-corrected chi connectivity index (χ0v) is 17.7. The summed E-state index contributed by atoms with van der Waals surface area (Å²) in [5.74, 6) is 1.79. The van der Waals surface area contributed by atoms with E-state index in [0.717, 1.165) is 69.1 Å². The molecule has 1 aromatic heterocycles. The van der Waals surface area contributed by atoms with Gasteiger partial charge in [0.05, 0.1) is 5.69 Å². The number of likely N-dealkylation sites (N-methyl/N-ethyl adjacent to an activating group) is 1. The Labute approximate surface area is 177 Å². The zero-order chi connectivity index (χ0) is 20.7. The van der Waals surface area contributed by atoms with Gasteiger partial charge in [0, 0.05) is 56.8 Å². The van der Waals surface area contributed by atoms with Gasteiger partial charge in [0.2, 0.25) is 11.9 Å². The van der Waals surface area contributed by atoms with Crippen LogP contribution in [0.1, 0.15) is 30.4 Å². The van der Waals surface area contributed by atoms with Crippen LogP contribution in [0, 0.1) is 5.92 Å². The van der Waals surface area contributed by atoms with E-state index >= 15 is 0 Å². The highest BCUT2D eigenvalue weighted by Gasteiger charge is 2.31. The molecule has 1 amide bonds. The molecule has 30 heavy (non-hydrogen) atoms. The molecule has 5 rings (SSSR count). The minimum absolute atomic E-state index is 0.252. The molecule has 0 atom stereocenters. The predicted molar refractivity (Wildman–Crippen MR) is 118 cm³/mol. The molecule has 1 saturated carbocycles. The molecule has 2 aliphatic heterocycles. The third kappa shape index (κ3) is 3.74. The minimum atomic E-state index is 0.252. The maximum atomic E-state index is 12.7. The number of anilines is 2. The van der Waals surface area contributed by atoms with Gasteiger partial charge in [0.1, 0.15) is 5.82 Å². The SMILES string of the molecule is CN1CCN(c2cc(-c3ccc4c(c3)CN(C(=O)C3CCC3)CC4)nc(N)n2)CC1. The maximum Gasteiger partial charge on any atom is 0.225 e. The van der Waals surface area contributed by atoms with E-state index < -0.39 is 0 Å². The van der Waals surface area contributed by atoms with Crippen LogP contribution in [-0.2, 0) is 17.8 Å². The zero-order valence-electron chi connectivity index (χ0n) is 17.7. The number of amides is 1. The summed E-state index contributed by atoms with van der Waals surface area (Å²) >= 11 is 0. The number of hydrogen-bond donors (Lipinski definition) is 1. The summed E-state index contributed by atoms with van der Waals surface area (Å²) in [7, 11) is 2.14. The number of aromatic nitrogens is 2. The number of rotatable bonds is 3. The molecule has 1 aromatic carbocycles. The van der Waals surface area contributed by atoms with Gasteiger partial charge in [-0.25, -0.2) is 4.98 Å². The summed E-state index contributed by atoms with van der Waals surface area (Å²) in [4.78, 5) is 28.4. The Hall–Kier alpha value is -2.67. The fourth-order valence-electron chi connectivity index (χ4n) is 4.62. The van der Waals surface area contributed by atoms with Gasteiger partial charge in [0.25, 0.3) is 0 Å². The molecule has 1 saturated heterocycles. The number of benzene rings is 1. The number of nitrogens with zero attached hydrogens (tertiary/aromatic N) is 5. The molecule has 0 radical (unpaired) electrons. The maximum absolute atomic E-state index is 12.7. The van der Waals surface area contributed by atoms with Gasteiger partial charge in [-0.1, -0.05) is 18.6 Å². The van der Waals surface area contributed by atoms with Gasteiger partial charge in [0.15, 0.2) is 0 Å². The van der Waals surface area contributed by atoms with Crippen molar-refractivity contribution in [3.63, 3.8) is 0 Å². The Bertz CT molecular complexity index is 949. The Morgan fingerprint density at radius 2 is 1.83 bits per heavy atom. The number of nitrogens with two attached hydrogens (primary N) is 1. The van der Waals surface area contributed by atoms with Gasteiger partial charge >= 0.3 is 0 Å². The highest BCUT2D eigenvalue weighted by Crippen LogP contribution is 2.32. The molecule has 0 unspecified atom stereocenters. The summed E-state index contributed by atoms with van der Waals surface area (Å²) < 4.78 is 0. The largest absolute Gasteiger partial charge is 0.368 e. The van der Waals surface area contributed by atoms with Gasteiger partial charge < -0.3 is 20.4 Å². The number of hydrogen-bond acceptors (Lipinski definition) is 6. The van der Waals surface area contributed by atoms with E-state index in [4.69, 9.17) is 5.73 Å². The molecule has 7 heteroatoms. The van der Waals surface area contributed by atoms with Gasteiger partial charge in [-0.05, 0) is 43.5 Å². The average molecular weight is 407 g/mol. The molecule has 2 N–H and O–H groups in total. The van der Waals surface area contributed by atoms with E-state index in [1.807, 2.05) is 11.0 Å². The van der Waals surface area contributed by atoms with Crippen LogP contribution in [0.25, 0.3) is 11.3 Å². The molecule has 3 aliphatic rings. The van der Waals surface area contributed by atoms with Crippen molar-refractivity contribution in [3.05, 3.63) is 35.4 Å². The highest BCUT2D eigenvalue weighted by atomic mass is 16.2. The van der Waals surface area contributed by atoms with Crippen LogP contribution in [0.15, 0.2) is 24.3 Å². The number of carbonyl (C=O) groups is 1. The highest BCUT2D eigenvalue weighted by molar-refractivity contribution is 5.80. The number of piperazine rings is 1. The topological polar surface area (TPSA) is 78.6 Å². The second kappa shape index (κ2) is 7.87. The first-order valence-corrected chi connectivity index (χ1v) is 11.1. The fourth-order valence-corrected chi connectivity index (χ4v) is 4.62. The smallest absolute Gasteiger partial charge is 0.225 e. The van der Waals surface area contributed by atoms with Crippen LogP contribution in [0.2, 0.25) is 0 Å². The minimum Gasteiger partial charge on any atom is -0.368 e. The Morgan fingerprint density at radius 3 is 2.57 bits per heavy atom. The van der Waals surface area contributed by atoms with Crippen LogP contribution in [-0.4, -0.2) is 65.4 Å². The van der Waals surface area contributed by atoms with Gasteiger partial charge in [-0.3, -0.25) is 4.79 Å². The van der Waals surface area contributed by atoms with Crippen molar-refractivity contribution in [2.45, 2.75) is 32.2 Å². The number of fused-ring (bicyclic) bond motifs is 1. The van der Waals surface area contributed by atoms with Crippen LogP contribution in [0.5, 0.6) is 0 Å². The predicted octanol–water partition coefficient (Wildman–Crippen LogP) is 2.16. The van der Waals surface area contributed by atoms with Crippen LogP contribution in [0.4, 0.5) is 11.8 Å². The lowest BCUT2D eigenvalue weighted by Crippen LogP contribution is -2.44. The quantitative estimate of drug-likeness (QED) is 0.842. The van der Waals surface area contributed by atoms with Crippen molar-refractivity contribution < 1.29 is 4.79 Å². The number of nitrogen functional groups attached to an aromatic ring is 1. The molecule has 2 aromatic rings. The molecule has 3 heterocycles. The first-order chi connectivity index (χ1) is 14.6. The average Bonchev–Trinajstić information content (AvgIpc) is 2.71. The Morgan fingerprint density at radius 1 is 1.03 bits per heavy atom. The molecular weight excluding hydrogens is 376 g/mol. The molecule has 0 bridgehead atoms. The summed E-state index contributed by atoms with van der Waals surface area (Å²) in [5.41, 5.74) is 10.5. The molecular formula is C23H30N6O. The fraction of sp³-hybridized carbons (Fsp3) is 0.522. The lowest BCUT2D eigenvalue weighted by molar-refractivity contribution is -0.139. The normalized spacial score (nSPS) is 20.0. The number of carbonyl (C=O) groups excluding carboxylic acids is 1. The lowest BCUT2D eigenvalue weighted by Gasteiger charge is -2.35. The molecule has 0 spiro atoms. The lowest BCUT2D eigenvalue weighted by atomic mass is 9.83. The Kier molecular flexibility index (Phi) is 5.06. The first-order valence-electron chi connectivity index (χ1n) is 11.1. The van der Waals surface area contributed by atoms with E-state index in [-0.39, 0.29) is 5.92 Å². The monoisotopic (exact) mass is 406 g/mol. The summed E-state index contributed by atoms with van der Waals surface area (Å²) in [5, 5.41) is 0. The second-order valence-electron chi connectivity index (χ2n) is 8.88. The van der Waals surface area contributed by atoms with Crippen molar-refractivity contribution in [1.82, 2.24) is 19.8 Å². The third-order valence-electron chi connectivity index (χ3n) is 6.84. The van der Waals surface area contributed by atoms with Crippen LogP contribution < -0.4 is 10.6 Å². The van der Waals surface area contributed by atoms with E-state index in [1.165, 1.54) is 17.5 Å². The first kappa shape index (κ1) is 19.3. The third-order valence-corrected chi connectivity index (χ3v) is 6.84. The van der Waals surface area contributed by atoms with Crippen molar-refractivity contribution >= 4 is 17.7 Å². The van der Waals surface area contributed by atoms with Crippen molar-refractivity contribution in [1.29, 1.82) is 0 Å². The summed E-state index contributed by atoms with van der Waals surface area (Å²) in [6.07, 6.45) is 4.22.